The first-order valence-electron chi connectivity index (χ1n) is 14.4. The van der Waals surface area contributed by atoms with Gasteiger partial charge in [-0.25, -0.2) is 0 Å². The fourth-order valence-electron chi connectivity index (χ4n) is 4.41. The summed E-state index contributed by atoms with van der Waals surface area (Å²) in [6.07, 6.45) is 2.54. The van der Waals surface area contributed by atoms with Crippen LogP contribution in [0.3, 0.4) is 0 Å². The number of aliphatic hydroxyl groups is 1. The van der Waals surface area contributed by atoms with Gasteiger partial charge in [0.15, 0.2) is 11.5 Å². The molecule has 0 aromatic heterocycles. The molecule has 238 valence electrons. The minimum Gasteiger partial charge on any atom is -0.493 e. The van der Waals surface area contributed by atoms with Crippen LogP contribution in [0.4, 0.5) is 0 Å². The van der Waals surface area contributed by atoms with Gasteiger partial charge < -0.3 is 40.4 Å². The van der Waals surface area contributed by atoms with Crippen molar-refractivity contribution in [3.05, 3.63) is 23.8 Å². The molecule has 0 aliphatic carbocycles. The van der Waals surface area contributed by atoms with Gasteiger partial charge in [0, 0.05) is 58.7 Å². The molecule has 2 amide bonds. The number of methoxy groups -OCH3 is 3. The predicted octanol–water partition coefficient (Wildman–Crippen LogP) is 3.11. The van der Waals surface area contributed by atoms with Crippen molar-refractivity contribution in [3.63, 3.8) is 0 Å². The third kappa shape index (κ3) is 16.2. The second-order valence-corrected chi connectivity index (χ2v) is 10.7. The van der Waals surface area contributed by atoms with Crippen LogP contribution in [0.5, 0.6) is 11.5 Å². The van der Waals surface area contributed by atoms with E-state index in [2.05, 4.69) is 24.5 Å². The first kappa shape index (κ1) is 38.9. The van der Waals surface area contributed by atoms with Gasteiger partial charge in [0.05, 0.1) is 26.4 Å². The number of halogens is 1. The Balaban J connectivity index is 0.0000160. The molecule has 0 aliphatic heterocycles. The fourth-order valence-corrected chi connectivity index (χ4v) is 4.41. The van der Waals surface area contributed by atoms with Crippen molar-refractivity contribution in [2.45, 2.75) is 71.4 Å². The number of carbonyl (C=O) groups excluding carboxylic acids is 2. The van der Waals surface area contributed by atoms with Gasteiger partial charge in [0.2, 0.25) is 11.8 Å². The molecule has 0 spiro atoms. The van der Waals surface area contributed by atoms with Gasteiger partial charge in [0.25, 0.3) is 0 Å². The van der Waals surface area contributed by atoms with E-state index in [9.17, 15) is 14.7 Å². The summed E-state index contributed by atoms with van der Waals surface area (Å²) in [4.78, 5) is 24.2. The summed E-state index contributed by atoms with van der Waals surface area (Å²) in [7, 11) is 4.87. The normalized spacial score (nSPS) is 14.0. The summed E-state index contributed by atoms with van der Waals surface area (Å²) in [6.45, 7) is 8.61. The predicted molar refractivity (Wildman–Crippen MR) is 164 cm³/mol. The van der Waals surface area contributed by atoms with E-state index in [-0.39, 0.29) is 36.6 Å². The monoisotopic (exact) mass is 603 g/mol. The highest BCUT2D eigenvalue weighted by atomic mass is 35.5. The van der Waals surface area contributed by atoms with Crippen molar-refractivity contribution < 1.29 is 33.6 Å². The molecule has 41 heavy (non-hydrogen) atoms. The van der Waals surface area contributed by atoms with Crippen molar-refractivity contribution >= 4 is 24.2 Å². The molecule has 0 aliphatic rings. The minimum absolute atomic E-state index is 0. The van der Waals surface area contributed by atoms with Crippen molar-refractivity contribution in [3.8, 4) is 11.5 Å². The lowest BCUT2D eigenvalue weighted by molar-refractivity contribution is -0.126. The quantitative estimate of drug-likeness (QED) is 0.148. The van der Waals surface area contributed by atoms with E-state index in [0.717, 1.165) is 18.4 Å². The summed E-state index contributed by atoms with van der Waals surface area (Å²) in [5.74, 6) is 1.36. The van der Waals surface area contributed by atoms with Gasteiger partial charge in [0.1, 0.15) is 0 Å². The molecule has 1 rings (SSSR count). The van der Waals surface area contributed by atoms with Gasteiger partial charge in [-0.3, -0.25) is 9.59 Å². The molecule has 0 saturated carbocycles. The molecule has 1 aromatic carbocycles. The van der Waals surface area contributed by atoms with Crippen LogP contribution in [-0.2, 0) is 25.5 Å². The van der Waals surface area contributed by atoms with Gasteiger partial charge in [-0.15, -0.1) is 12.4 Å². The molecule has 0 saturated heterocycles. The van der Waals surface area contributed by atoms with Crippen LogP contribution in [0.1, 0.15) is 58.4 Å². The lowest BCUT2D eigenvalue weighted by atomic mass is 9.82. The van der Waals surface area contributed by atoms with Crippen molar-refractivity contribution in [1.82, 2.24) is 10.6 Å². The maximum atomic E-state index is 12.5. The number of amides is 2. The molecule has 1 aromatic rings. The average molecular weight is 604 g/mol. The Bertz CT molecular complexity index is 859. The summed E-state index contributed by atoms with van der Waals surface area (Å²) >= 11 is 0. The SMILES string of the molecule is COCCCOc1cc(C[C@@H](C[C@H](N)[C@@H](O)C[C@@H](C)C(=O)NCCCC(=O)NCCOC)C(C)C)ccc1OC.Cl. The van der Waals surface area contributed by atoms with Crippen molar-refractivity contribution in [1.29, 1.82) is 0 Å². The Morgan fingerprint density at radius 2 is 1.63 bits per heavy atom. The topological polar surface area (TPSA) is 141 Å². The average Bonchev–Trinajstić information content (AvgIpc) is 2.93. The van der Waals surface area contributed by atoms with E-state index in [4.69, 9.17) is 24.7 Å². The van der Waals surface area contributed by atoms with E-state index in [1.807, 2.05) is 18.2 Å². The highest BCUT2D eigenvalue weighted by Gasteiger charge is 2.26. The molecule has 10 nitrogen and oxygen atoms in total. The Morgan fingerprint density at radius 3 is 2.27 bits per heavy atom. The maximum absolute atomic E-state index is 12.5. The smallest absolute Gasteiger partial charge is 0.222 e. The number of nitrogens with one attached hydrogen (secondary N) is 2. The Morgan fingerprint density at radius 1 is 0.927 bits per heavy atom. The number of aliphatic hydroxyl groups excluding tert-OH is 1. The number of hydrogen-bond donors (Lipinski definition) is 4. The third-order valence-corrected chi connectivity index (χ3v) is 7.04. The van der Waals surface area contributed by atoms with Crippen LogP contribution in [0.25, 0.3) is 0 Å². The molecular weight excluding hydrogens is 550 g/mol. The summed E-state index contributed by atoms with van der Waals surface area (Å²) in [5, 5.41) is 16.4. The Labute approximate surface area is 252 Å². The molecule has 0 radical (unpaired) electrons. The van der Waals surface area contributed by atoms with Gasteiger partial charge in [-0.1, -0.05) is 26.8 Å². The molecule has 0 bridgehead atoms. The highest BCUT2D eigenvalue weighted by Crippen LogP contribution is 2.31. The second kappa shape index (κ2) is 22.5. The molecular formula is C30H54ClN3O7. The van der Waals surface area contributed by atoms with Crippen LogP contribution >= 0.6 is 12.4 Å². The zero-order valence-electron chi connectivity index (χ0n) is 25.8. The number of carbonyl (C=O) groups is 2. The summed E-state index contributed by atoms with van der Waals surface area (Å²) < 4.78 is 21.4. The van der Waals surface area contributed by atoms with E-state index in [1.165, 1.54) is 0 Å². The van der Waals surface area contributed by atoms with E-state index >= 15 is 0 Å². The molecule has 11 heteroatoms. The fraction of sp³-hybridized carbons (Fsp3) is 0.733. The molecule has 0 fully saturated rings. The number of rotatable bonds is 22. The Hall–Kier alpha value is -2.11. The van der Waals surface area contributed by atoms with Crippen LogP contribution in [-0.4, -0.2) is 83.3 Å². The number of ether oxygens (including phenoxy) is 4. The largest absolute Gasteiger partial charge is 0.493 e. The lowest BCUT2D eigenvalue weighted by Crippen LogP contribution is -2.41. The second-order valence-electron chi connectivity index (χ2n) is 10.7. The molecule has 5 N–H and O–H groups in total. The number of hydrogen-bond acceptors (Lipinski definition) is 8. The summed E-state index contributed by atoms with van der Waals surface area (Å²) in [6, 6.07) is 5.51. The van der Waals surface area contributed by atoms with Gasteiger partial charge in [-0.05, 0) is 55.2 Å². The first-order chi connectivity index (χ1) is 19.1. The number of benzene rings is 1. The van der Waals surface area contributed by atoms with E-state index < -0.39 is 18.1 Å². The van der Waals surface area contributed by atoms with Crippen LogP contribution < -0.4 is 25.8 Å². The van der Waals surface area contributed by atoms with E-state index in [0.29, 0.717) is 69.6 Å². The maximum Gasteiger partial charge on any atom is 0.222 e. The molecule has 0 heterocycles. The first-order valence-corrected chi connectivity index (χ1v) is 14.4. The molecule has 4 atom stereocenters. The Kier molecular flexibility index (Phi) is 21.3. The zero-order chi connectivity index (χ0) is 29.9. The summed E-state index contributed by atoms with van der Waals surface area (Å²) in [5.41, 5.74) is 7.56. The zero-order valence-corrected chi connectivity index (χ0v) is 26.6. The van der Waals surface area contributed by atoms with Gasteiger partial charge in [-0.2, -0.15) is 0 Å². The van der Waals surface area contributed by atoms with E-state index in [1.54, 1.807) is 28.3 Å². The van der Waals surface area contributed by atoms with Crippen molar-refractivity contribution in [2.24, 2.45) is 23.5 Å². The third-order valence-electron chi connectivity index (χ3n) is 7.04. The number of nitrogens with two attached hydrogens (primary N) is 1. The molecule has 0 unspecified atom stereocenters. The lowest BCUT2D eigenvalue weighted by Gasteiger charge is -2.28. The highest BCUT2D eigenvalue weighted by molar-refractivity contribution is 5.85. The van der Waals surface area contributed by atoms with Gasteiger partial charge >= 0.3 is 0 Å². The standard InChI is InChI=1S/C30H53N3O7.ClH/c1-21(2)24(18-23-10-11-27(39-6)28(19-23)40-15-8-14-37-4)20-25(31)26(34)17-22(3)30(36)33-12-7-9-29(35)32-13-16-38-5;/h10-11,19,21-22,24-26,34H,7-9,12-18,20,31H2,1-6H3,(H,32,35)(H,33,36);1H/t22-,24+,25+,26+;/m1./s1. The van der Waals surface area contributed by atoms with Crippen LogP contribution in [0.15, 0.2) is 18.2 Å². The van der Waals surface area contributed by atoms with Crippen LogP contribution in [0.2, 0.25) is 0 Å². The minimum atomic E-state index is -0.802. The van der Waals surface area contributed by atoms with Crippen LogP contribution in [0, 0.1) is 17.8 Å². The van der Waals surface area contributed by atoms with Crippen molar-refractivity contribution in [2.75, 3.05) is 54.2 Å².